The highest BCUT2D eigenvalue weighted by Gasteiger charge is 2.28. The van der Waals surface area contributed by atoms with Gasteiger partial charge in [-0.1, -0.05) is 0 Å². The Kier molecular flexibility index (Phi) is 3.26. The molecule has 1 saturated heterocycles. The lowest BCUT2D eigenvalue weighted by Crippen LogP contribution is -2.54. The van der Waals surface area contributed by atoms with Crippen molar-refractivity contribution in [2.24, 2.45) is 0 Å². The minimum Gasteiger partial charge on any atom is -0.480 e. The molecule has 2 rings (SSSR count). The first-order valence-corrected chi connectivity index (χ1v) is 5.52. The van der Waals surface area contributed by atoms with Crippen molar-refractivity contribution in [3.63, 3.8) is 0 Å². The Balaban J connectivity index is 2.01. The van der Waals surface area contributed by atoms with Gasteiger partial charge < -0.3 is 15.4 Å². The lowest BCUT2D eigenvalue weighted by Gasteiger charge is -2.35. The normalized spacial score (nSPS) is 24.2. The first kappa shape index (κ1) is 11.2. The summed E-state index contributed by atoms with van der Waals surface area (Å²) < 4.78 is 0. The van der Waals surface area contributed by atoms with E-state index in [1.807, 2.05) is 18.3 Å². The van der Waals surface area contributed by atoms with Gasteiger partial charge in [-0.15, -0.1) is 0 Å². The standard InChI is InChI=1S/C11H17N3O2/c1-8(9-3-2-4-12-9)14-6-5-13-10(7-14)11(15)16/h2-4,8,10,12-13H,5-7H2,1H3,(H,15,16). The van der Waals surface area contributed by atoms with Gasteiger partial charge in [-0.2, -0.15) is 0 Å². The molecule has 0 aromatic carbocycles. The summed E-state index contributed by atoms with van der Waals surface area (Å²) in [6, 6.07) is 3.77. The van der Waals surface area contributed by atoms with Crippen molar-refractivity contribution < 1.29 is 9.90 Å². The fourth-order valence-corrected chi connectivity index (χ4v) is 2.09. The summed E-state index contributed by atoms with van der Waals surface area (Å²) in [6.07, 6.45) is 1.89. The highest BCUT2D eigenvalue weighted by atomic mass is 16.4. The van der Waals surface area contributed by atoms with Crippen LogP contribution in [0.2, 0.25) is 0 Å². The van der Waals surface area contributed by atoms with Gasteiger partial charge in [0.25, 0.3) is 0 Å². The number of carbonyl (C=O) groups is 1. The van der Waals surface area contributed by atoms with Gasteiger partial charge in [-0.3, -0.25) is 9.69 Å². The van der Waals surface area contributed by atoms with E-state index in [1.165, 1.54) is 0 Å². The molecular formula is C11H17N3O2. The topological polar surface area (TPSA) is 68.4 Å². The number of nitrogens with zero attached hydrogens (tertiary/aromatic N) is 1. The van der Waals surface area contributed by atoms with Gasteiger partial charge in [0, 0.05) is 37.6 Å². The number of nitrogens with one attached hydrogen (secondary N) is 2. The van der Waals surface area contributed by atoms with Gasteiger partial charge >= 0.3 is 5.97 Å². The average molecular weight is 223 g/mol. The summed E-state index contributed by atoms with van der Waals surface area (Å²) in [5.41, 5.74) is 1.13. The molecule has 2 heterocycles. The molecule has 16 heavy (non-hydrogen) atoms. The number of aromatic nitrogens is 1. The maximum Gasteiger partial charge on any atom is 0.322 e. The summed E-state index contributed by atoms with van der Waals surface area (Å²) in [5, 5.41) is 12.0. The Labute approximate surface area is 94.5 Å². The van der Waals surface area contributed by atoms with Crippen LogP contribution in [0.3, 0.4) is 0 Å². The number of carboxylic acid groups (broad SMARTS) is 1. The van der Waals surface area contributed by atoms with Gasteiger partial charge in [-0.05, 0) is 19.1 Å². The second-order valence-electron chi connectivity index (χ2n) is 4.14. The molecule has 5 nitrogen and oxygen atoms in total. The predicted molar refractivity (Wildman–Crippen MR) is 60.2 cm³/mol. The number of hydrogen-bond acceptors (Lipinski definition) is 3. The predicted octanol–water partition coefficient (Wildman–Crippen LogP) is 0.434. The minimum atomic E-state index is -0.775. The van der Waals surface area contributed by atoms with E-state index in [-0.39, 0.29) is 6.04 Å². The molecule has 0 saturated carbocycles. The molecule has 1 aromatic heterocycles. The van der Waals surface area contributed by atoms with Crippen LogP contribution in [0.1, 0.15) is 18.7 Å². The van der Waals surface area contributed by atoms with Crippen LogP contribution in [-0.4, -0.2) is 46.6 Å². The number of carboxylic acids is 1. The van der Waals surface area contributed by atoms with Gasteiger partial charge in [-0.25, -0.2) is 0 Å². The number of H-pyrrole nitrogens is 1. The quantitative estimate of drug-likeness (QED) is 0.695. The molecule has 2 unspecified atom stereocenters. The summed E-state index contributed by atoms with van der Waals surface area (Å²) >= 11 is 0. The van der Waals surface area contributed by atoms with Crippen LogP contribution in [0.15, 0.2) is 18.3 Å². The van der Waals surface area contributed by atoms with Crippen LogP contribution < -0.4 is 5.32 Å². The van der Waals surface area contributed by atoms with Crippen molar-refractivity contribution in [3.05, 3.63) is 24.0 Å². The Morgan fingerprint density at radius 3 is 3.12 bits per heavy atom. The molecule has 0 spiro atoms. The lowest BCUT2D eigenvalue weighted by molar-refractivity contribution is -0.140. The number of rotatable bonds is 3. The van der Waals surface area contributed by atoms with E-state index >= 15 is 0 Å². The van der Waals surface area contributed by atoms with Crippen molar-refractivity contribution in [3.8, 4) is 0 Å². The summed E-state index contributed by atoms with van der Waals surface area (Å²) in [7, 11) is 0. The molecule has 0 bridgehead atoms. The van der Waals surface area contributed by atoms with Gasteiger partial charge in [0.1, 0.15) is 6.04 Å². The molecular weight excluding hydrogens is 206 g/mol. The highest BCUT2D eigenvalue weighted by Crippen LogP contribution is 2.19. The van der Waals surface area contributed by atoms with E-state index in [4.69, 9.17) is 5.11 Å². The molecule has 1 aliphatic rings. The number of piperazine rings is 1. The van der Waals surface area contributed by atoms with Gasteiger partial charge in [0.2, 0.25) is 0 Å². The third kappa shape index (κ3) is 2.25. The molecule has 1 aliphatic heterocycles. The smallest absolute Gasteiger partial charge is 0.322 e. The molecule has 2 atom stereocenters. The fraction of sp³-hybridized carbons (Fsp3) is 0.545. The molecule has 1 fully saturated rings. The zero-order valence-electron chi connectivity index (χ0n) is 9.31. The van der Waals surface area contributed by atoms with E-state index in [0.717, 1.165) is 18.8 Å². The summed E-state index contributed by atoms with van der Waals surface area (Å²) in [6.45, 7) is 4.25. The van der Waals surface area contributed by atoms with Crippen LogP contribution >= 0.6 is 0 Å². The van der Waals surface area contributed by atoms with Crippen LogP contribution in [0.5, 0.6) is 0 Å². The molecule has 0 radical (unpaired) electrons. The average Bonchev–Trinajstić information content (AvgIpc) is 2.81. The van der Waals surface area contributed by atoms with Crippen molar-refractivity contribution in [2.45, 2.75) is 19.0 Å². The van der Waals surface area contributed by atoms with E-state index in [2.05, 4.69) is 22.1 Å². The zero-order chi connectivity index (χ0) is 11.5. The molecule has 0 amide bonds. The van der Waals surface area contributed by atoms with Crippen LogP contribution in [0.25, 0.3) is 0 Å². The first-order valence-electron chi connectivity index (χ1n) is 5.52. The Morgan fingerprint density at radius 2 is 2.50 bits per heavy atom. The molecule has 3 N–H and O–H groups in total. The minimum absolute atomic E-state index is 0.235. The lowest BCUT2D eigenvalue weighted by atomic mass is 10.1. The zero-order valence-corrected chi connectivity index (χ0v) is 9.31. The maximum absolute atomic E-state index is 10.9. The maximum atomic E-state index is 10.9. The van der Waals surface area contributed by atoms with Crippen LogP contribution in [0.4, 0.5) is 0 Å². The summed E-state index contributed by atoms with van der Waals surface area (Å²) in [4.78, 5) is 16.3. The SMILES string of the molecule is CC(c1ccc[nH]1)N1CCNC(C(=O)O)C1. The number of hydrogen-bond donors (Lipinski definition) is 3. The fourth-order valence-electron chi connectivity index (χ4n) is 2.09. The van der Waals surface area contributed by atoms with Gasteiger partial charge in [0.05, 0.1) is 0 Å². The Morgan fingerprint density at radius 1 is 1.69 bits per heavy atom. The van der Waals surface area contributed by atoms with Crippen molar-refractivity contribution in [1.29, 1.82) is 0 Å². The molecule has 88 valence electrons. The number of aliphatic carboxylic acids is 1. The van der Waals surface area contributed by atoms with Crippen LogP contribution in [0, 0.1) is 0 Å². The largest absolute Gasteiger partial charge is 0.480 e. The molecule has 1 aromatic rings. The second-order valence-corrected chi connectivity index (χ2v) is 4.14. The highest BCUT2D eigenvalue weighted by molar-refractivity contribution is 5.73. The van der Waals surface area contributed by atoms with Crippen molar-refractivity contribution >= 4 is 5.97 Å². The summed E-state index contributed by atoms with van der Waals surface area (Å²) in [5.74, 6) is -0.775. The number of aromatic amines is 1. The monoisotopic (exact) mass is 223 g/mol. The Hall–Kier alpha value is -1.33. The second kappa shape index (κ2) is 4.67. The molecule has 0 aliphatic carbocycles. The van der Waals surface area contributed by atoms with E-state index in [0.29, 0.717) is 6.54 Å². The first-order chi connectivity index (χ1) is 7.68. The van der Waals surface area contributed by atoms with E-state index in [1.54, 1.807) is 0 Å². The van der Waals surface area contributed by atoms with E-state index < -0.39 is 12.0 Å². The Bertz CT molecular complexity index is 350. The third-order valence-electron chi connectivity index (χ3n) is 3.12. The molecule has 5 heteroatoms. The van der Waals surface area contributed by atoms with Crippen molar-refractivity contribution in [1.82, 2.24) is 15.2 Å². The third-order valence-corrected chi connectivity index (χ3v) is 3.12. The van der Waals surface area contributed by atoms with Gasteiger partial charge in [0.15, 0.2) is 0 Å². The van der Waals surface area contributed by atoms with Crippen molar-refractivity contribution in [2.75, 3.05) is 19.6 Å². The van der Waals surface area contributed by atoms with Crippen LogP contribution in [-0.2, 0) is 4.79 Å². The van der Waals surface area contributed by atoms with E-state index in [9.17, 15) is 4.79 Å².